The maximum atomic E-state index is 13.0. The Hall–Kier alpha value is -3.97. The SMILES string of the molecule is O=C1N=c2cc(C(=O)NCc3ccc(F)cc3)ccc2=N/C1=C\C(=O)c1ccc(Cl)cc1. The molecule has 1 aliphatic heterocycles. The molecule has 0 aliphatic carbocycles. The fourth-order valence-electron chi connectivity index (χ4n) is 3.00. The Morgan fingerprint density at radius 2 is 1.59 bits per heavy atom. The molecule has 0 atom stereocenters. The molecule has 32 heavy (non-hydrogen) atoms. The summed E-state index contributed by atoms with van der Waals surface area (Å²) in [6.45, 7) is 0.219. The summed E-state index contributed by atoms with van der Waals surface area (Å²) in [7, 11) is 0. The van der Waals surface area contributed by atoms with Crippen LogP contribution in [0, 0.1) is 5.82 Å². The second-order valence-electron chi connectivity index (χ2n) is 6.94. The minimum Gasteiger partial charge on any atom is -0.348 e. The van der Waals surface area contributed by atoms with Crippen molar-refractivity contribution in [3.8, 4) is 0 Å². The number of carbonyl (C=O) groups excluding carboxylic acids is 3. The number of fused-ring (bicyclic) bond motifs is 1. The summed E-state index contributed by atoms with van der Waals surface area (Å²) in [6.07, 6.45) is 1.13. The number of halogens is 2. The molecule has 1 N–H and O–H groups in total. The first-order valence-corrected chi connectivity index (χ1v) is 9.93. The first-order chi connectivity index (χ1) is 15.4. The van der Waals surface area contributed by atoms with Crippen molar-refractivity contribution in [2.45, 2.75) is 6.54 Å². The largest absolute Gasteiger partial charge is 0.348 e. The molecular formula is C24H15ClFN3O3. The summed E-state index contributed by atoms with van der Waals surface area (Å²) in [6, 6.07) is 16.6. The van der Waals surface area contributed by atoms with Crippen LogP contribution < -0.4 is 16.0 Å². The lowest BCUT2D eigenvalue weighted by Crippen LogP contribution is -2.33. The van der Waals surface area contributed by atoms with Gasteiger partial charge in [-0.05, 0) is 60.2 Å². The predicted molar refractivity (Wildman–Crippen MR) is 115 cm³/mol. The van der Waals surface area contributed by atoms with Crippen LogP contribution in [0.1, 0.15) is 26.3 Å². The van der Waals surface area contributed by atoms with E-state index < -0.39 is 11.7 Å². The van der Waals surface area contributed by atoms with E-state index in [4.69, 9.17) is 11.6 Å². The summed E-state index contributed by atoms with van der Waals surface area (Å²) in [5.41, 5.74) is 1.31. The third-order valence-corrected chi connectivity index (χ3v) is 4.93. The molecule has 1 aliphatic rings. The van der Waals surface area contributed by atoms with Gasteiger partial charge >= 0.3 is 0 Å². The van der Waals surface area contributed by atoms with E-state index >= 15 is 0 Å². The van der Waals surface area contributed by atoms with Crippen molar-refractivity contribution in [3.05, 3.63) is 117 Å². The Morgan fingerprint density at radius 1 is 0.906 bits per heavy atom. The number of hydrogen-bond donors (Lipinski definition) is 1. The molecule has 0 saturated heterocycles. The molecule has 8 heteroatoms. The van der Waals surface area contributed by atoms with Crippen molar-refractivity contribution >= 4 is 29.2 Å². The number of amides is 2. The molecule has 1 heterocycles. The van der Waals surface area contributed by atoms with E-state index in [2.05, 4.69) is 15.3 Å². The average Bonchev–Trinajstić information content (AvgIpc) is 2.79. The maximum absolute atomic E-state index is 13.0. The molecule has 2 amide bonds. The molecule has 3 aromatic carbocycles. The highest BCUT2D eigenvalue weighted by molar-refractivity contribution is 6.30. The highest BCUT2D eigenvalue weighted by Gasteiger charge is 2.16. The van der Waals surface area contributed by atoms with Gasteiger partial charge in [-0.3, -0.25) is 14.4 Å². The van der Waals surface area contributed by atoms with Crippen molar-refractivity contribution in [2.24, 2.45) is 9.98 Å². The summed E-state index contributed by atoms with van der Waals surface area (Å²) >= 11 is 5.82. The first kappa shape index (κ1) is 21.3. The third kappa shape index (κ3) is 4.84. The number of carbonyl (C=O) groups is 3. The van der Waals surface area contributed by atoms with Gasteiger partial charge in [0.25, 0.3) is 11.8 Å². The zero-order valence-electron chi connectivity index (χ0n) is 16.5. The number of hydrogen-bond acceptors (Lipinski definition) is 4. The van der Waals surface area contributed by atoms with E-state index in [1.54, 1.807) is 48.5 Å². The molecule has 0 unspecified atom stereocenters. The lowest BCUT2D eigenvalue weighted by atomic mass is 10.1. The van der Waals surface area contributed by atoms with Gasteiger partial charge in [0.15, 0.2) is 5.78 Å². The quantitative estimate of drug-likeness (QED) is 0.482. The summed E-state index contributed by atoms with van der Waals surface area (Å²) < 4.78 is 13.0. The highest BCUT2D eigenvalue weighted by atomic mass is 35.5. The standard InChI is InChI=1S/C24H15ClFN3O3/c25-17-6-3-15(4-7-17)22(30)12-21-24(32)29-20-11-16(5-10-19(20)28-21)23(31)27-13-14-1-8-18(26)9-2-14/h1-12H,13H2,(H,27,31)/b21-12-. The van der Waals surface area contributed by atoms with Crippen LogP contribution >= 0.6 is 11.6 Å². The smallest absolute Gasteiger partial charge is 0.296 e. The van der Waals surface area contributed by atoms with Crippen LogP contribution in [-0.2, 0) is 11.3 Å². The van der Waals surface area contributed by atoms with Crippen LogP contribution in [0.5, 0.6) is 0 Å². The van der Waals surface area contributed by atoms with Gasteiger partial charge in [0.2, 0.25) is 0 Å². The molecule has 0 bridgehead atoms. The molecular weight excluding hydrogens is 433 g/mol. The Balaban J connectivity index is 1.53. The molecule has 6 nitrogen and oxygen atoms in total. The average molecular weight is 448 g/mol. The van der Waals surface area contributed by atoms with Gasteiger partial charge in [-0.1, -0.05) is 23.7 Å². The van der Waals surface area contributed by atoms with E-state index in [1.807, 2.05) is 0 Å². The summed E-state index contributed by atoms with van der Waals surface area (Å²) in [5, 5.41) is 3.83. The van der Waals surface area contributed by atoms with Crippen LogP contribution in [0.2, 0.25) is 5.02 Å². The van der Waals surface area contributed by atoms with Gasteiger partial charge < -0.3 is 5.32 Å². The van der Waals surface area contributed by atoms with Gasteiger partial charge in [0, 0.05) is 28.8 Å². The predicted octanol–water partition coefficient (Wildman–Crippen LogP) is 2.96. The topological polar surface area (TPSA) is 88.0 Å². The summed E-state index contributed by atoms with van der Waals surface area (Å²) in [5.74, 6) is -1.81. The van der Waals surface area contributed by atoms with Gasteiger partial charge in [-0.15, -0.1) is 0 Å². The Labute approximate surface area is 186 Å². The van der Waals surface area contributed by atoms with Crippen LogP contribution in [0.15, 0.2) is 88.5 Å². The lowest BCUT2D eigenvalue weighted by Gasteiger charge is -2.07. The molecule has 0 saturated carbocycles. The minimum absolute atomic E-state index is 0.0917. The number of nitrogens with zero attached hydrogens (tertiary/aromatic N) is 2. The Kier molecular flexibility index (Phi) is 6.00. The fourth-order valence-corrected chi connectivity index (χ4v) is 3.12. The molecule has 0 fully saturated rings. The number of allylic oxidation sites excluding steroid dienone is 1. The van der Waals surface area contributed by atoms with Crippen molar-refractivity contribution < 1.29 is 18.8 Å². The molecule has 4 rings (SSSR count). The lowest BCUT2D eigenvalue weighted by molar-refractivity contribution is -0.114. The van der Waals surface area contributed by atoms with Gasteiger partial charge in [-0.2, -0.15) is 0 Å². The monoisotopic (exact) mass is 447 g/mol. The second kappa shape index (κ2) is 9.03. The molecule has 158 valence electrons. The van der Waals surface area contributed by atoms with Crippen LogP contribution in [0.25, 0.3) is 0 Å². The molecule has 3 aromatic rings. The first-order valence-electron chi connectivity index (χ1n) is 9.55. The van der Waals surface area contributed by atoms with Crippen molar-refractivity contribution in [2.75, 3.05) is 0 Å². The van der Waals surface area contributed by atoms with E-state index in [0.717, 1.165) is 11.6 Å². The maximum Gasteiger partial charge on any atom is 0.296 e. The highest BCUT2D eigenvalue weighted by Crippen LogP contribution is 2.12. The molecule has 0 aromatic heterocycles. The molecule has 0 radical (unpaired) electrons. The minimum atomic E-state index is -0.677. The van der Waals surface area contributed by atoms with Gasteiger partial charge in [0.05, 0.1) is 10.7 Å². The number of rotatable bonds is 5. The normalized spacial score (nSPS) is 13.7. The fraction of sp³-hybridized carbons (Fsp3) is 0.0417. The van der Waals surface area contributed by atoms with Crippen LogP contribution in [0.3, 0.4) is 0 Å². The Morgan fingerprint density at radius 3 is 2.31 bits per heavy atom. The van der Waals surface area contributed by atoms with E-state index in [9.17, 15) is 18.8 Å². The van der Waals surface area contributed by atoms with Gasteiger partial charge in [-0.25, -0.2) is 14.4 Å². The second-order valence-corrected chi connectivity index (χ2v) is 7.38. The van der Waals surface area contributed by atoms with Crippen molar-refractivity contribution in [1.82, 2.24) is 5.32 Å². The van der Waals surface area contributed by atoms with E-state index in [0.29, 0.717) is 21.5 Å². The number of benzene rings is 3. The van der Waals surface area contributed by atoms with E-state index in [-0.39, 0.29) is 29.3 Å². The van der Waals surface area contributed by atoms with Gasteiger partial charge in [0.1, 0.15) is 11.5 Å². The third-order valence-electron chi connectivity index (χ3n) is 4.68. The molecule has 0 spiro atoms. The number of nitrogens with one attached hydrogen (secondary N) is 1. The van der Waals surface area contributed by atoms with Crippen molar-refractivity contribution in [3.63, 3.8) is 0 Å². The Bertz CT molecular complexity index is 1380. The zero-order valence-corrected chi connectivity index (χ0v) is 17.3. The number of ketones is 1. The van der Waals surface area contributed by atoms with Crippen molar-refractivity contribution in [1.29, 1.82) is 0 Å². The van der Waals surface area contributed by atoms with Crippen LogP contribution in [0.4, 0.5) is 4.39 Å². The summed E-state index contributed by atoms with van der Waals surface area (Å²) in [4.78, 5) is 45.4. The van der Waals surface area contributed by atoms with E-state index in [1.165, 1.54) is 18.2 Å². The van der Waals surface area contributed by atoms with Crippen LogP contribution in [-0.4, -0.2) is 17.6 Å². The zero-order chi connectivity index (χ0) is 22.7.